The Labute approximate surface area is 79.1 Å². The van der Waals surface area contributed by atoms with Crippen LogP contribution in [0.2, 0.25) is 0 Å². The van der Waals surface area contributed by atoms with Crippen LogP contribution in [0.4, 0.5) is 0 Å². The van der Waals surface area contributed by atoms with E-state index in [-0.39, 0.29) is 0 Å². The summed E-state index contributed by atoms with van der Waals surface area (Å²) in [5.41, 5.74) is 4.57. The van der Waals surface area contributed by atoms with Gasteiger partial charge in [0.25, 0.3) is 0 Å². The lowest BCUT2D eigenvalue weighted by Crippen LogP contribution is -1.89. The second-order valence-electron chi connectivity index (χ2n) is 3.19. The van der Waals surface area contributed by atoms with E-state index in [4.69, 9.17) is 0 Å². The summed E-state index contributed by atoms with van der Waals surface area (Å²) in [4.78, 5) is 10.2. The molecule has 1 rings (SSSR count). The number of allylic oxidation sites excluding steroid dienone is 2. The van der Waals surface area contributed by atoms with Crippen LogP contribution in [0.1, 0.15) is 23.6 Å². The lowest BCUT2D eigenvalue weighted by Gasteiger charge is -2.07. The summed E-state index contributed by atoms with van der Waals surface area (Å²) in [6.45, 7) is 6.05. The van der Waals surface area contributed by atoms with Crippen LogP contribution in [0.3, 0.4) is 0 Å². The van der Waals surface area contributed by atoms with Crippen LogP contribution in [-0.4, -0.2) is 6.29 Å². The van der Waals surface area contributed by atoms with Crippen molar-refractivity contribution in [3.05, 3.63) is 41.0 Å². The lowest BCUT2D eigenvalue weighted by molar-refractivity contribution is 0.564. The Kier molecular flexibility index (Phi) is 3.02. The van der Waals surface area contributed by atoms with Crippen molar-refractivity contribution in [2.75, 3.05) is 0 Å². The molecule has 0 bridgehead atoms. The van der Waals surface area contributed by atoms with Crippen LogP contribution in [0, 0.1) is 13.8 Å². The van der Waals surface area contributed by atoms with Gasteiger partial charge in [-0.25, -0.2) is 0 Å². The first-order valence-electron chi connectivity index (χ1n) is 4.28. The molecule has 0 aliphatic carbocycles. The summed E-state index contributed by atoms with van der Waals surface area (Å²) in [5.74, 6) is 0. The molecule has 0 saturated heterocycles. The van der Waals surface area contributed by atoms with E-state index in [1.165, 1.54) is 17.2 Å². The van der Waals surface area contributed by atoms with Crippen molar-refractivity contribution >= 4 is 11.9 Å². The summed E-state index contributed by atoms with van der Waals surface area (Å²) in [5, 5.41) is 0. The fourth-order valence-corrected chi connectivity index (χ4v) is 1.34. The van der Waals surface area contributed by atoms with Gasteiger partial charge in [-0.1, -0.05) is 18.2 Å². The Morgan fingerprint density at radius 3 is 2.69 bits per heavy atom. The van der Waals surface area contributed by atoms with Gasteiger partial charge in [0.15, 0.2) is 0 Å². The third-order valence-electron chi connectivity index (χ3n) is 2.30. The first-order chi connectivity index (χ1) is 6.16. The van der Waals surface area contributed by atoms with Crippen LogP contribution >= 0.6 is 0 Å². The van der Waals surface area contributed by atoms with Gasteiger partial charge in [-0.3, -0.25) is 4.79 Å². The number of rotatable bonds is 2. The first-order valence-corrected chi connectivity index (χ1v) is 4.28. The molecule has 0 saturated carbocycles. The van der Waals surface area contributed by atoms with Crippen molar-refractivity contribution in [2.24, 2.45) is 0 Å². The van der Waals surface area contributed by atoms with Crippen LogP contribution < -0.4 is 0 Å². The molecule has 13 heavy (non-hydrogen) atoms. The Balaban J connectivity index is 3.22. The average molecular weight is 173 g/mol. The van der Waals surface area contributed by atoms with Gasteiger partial charge in [0.05, 0.1) is 0 Å². The van der Waals surface area contributed by atoms with Gasteiger partial charge in [-0.15, -0.1) is 0 Å². The van der Waals surface area contributed by atoms with Gasteiger partial charge in [-0.2, -0.15) is 0 Å². The van der Waals surface area contributed by atoms with E-state index in [0.717, 1.165) is 11.1 Å². The van der Waals surface area contributed by atoms with Gasteiger partial charge < -0.3 is 0 Å². The van der Waals surface area contributed by atoms with Crippen LogP contribution in [0.15, 0.2) is 24.3 Å². The lowest BCUT2D eigenvalue weighted by atomic mass is 9.98. The Bertz CT molecular complexity index is 348. The molecular formula is C12H13O. The number of benzene rings is 1. The fraction of sp³-hybridized carbons (Fsp3) is 0.250. The monoisotopic (exact) mass is 173 g/mol. The minimum Gasteiger partial charge on any atom is -0.286 e. The smallest absolute Gasteiger partial charge is 0.225 e. The normalized spacial score (nSPS) is 11.5. The van der Waals surface area contributed by atoms with E-state index in [9.17, 15) is 4.79 Å². The van der Waals surface area contributed by atoms with Crippen LogP contribution in [0.25, 0.3) is 5.57 Å². The molecule has 0 fully saturated rings. The van der Waals surface area contributed by atoms with E-state index in [1.807, 2.05) is 19.1 Å². The molecule has 0 amide bonds. The molecule has 1 aromatic carbocycles. The number of hydrogen-bond donors (Lipinski definition) is 0. The molecule has 1 nitrogen and oxygen atoms in total. The molecule has 67 valence electrons. The molecule has 1 heteroatoms. The standard InChI is InChI=1S/C12H13O/c1-9-5-4-6-12(11(9)3)10(2)7-8-13/h4-7H,1-3H3. The molecule has 0 aliphatic rings. The summed E-state index contributed by atoms with van der Waals surface area (Å²) in [7, 11) is 0. The quantitative estimate of drug-likeness (QED) is 0.628. The third-order valence-corrected chi connectivity index (χ3v) is 2.30. The van der Waals surface area contributed by atoms with Gasteiger partial charge >= 0.3 is 0 Å². The largest absolute Gasteiger partial charge is 0.286 e. The van der Waals surface area contributed by atoms with Crippen LogP contribution in [-0.2, 0) is 4.79 Å². The van der Waals surface area contributed by atoms with E-state index in [1.54, 1.807) is 6.29 Å². The molecule has 1 radical (unpaired) electrons. The zero-order chi connectivity index (χ0) is 9.84. The Hall–Kier alpha value is -1.37. The number of hydrogen-bond acceptors (Lipinski definition) is 1. The third kappa shape index (κ3) is 2.05. The molecule has 0 heterocycles. The number of aryl methyl sites for hydroxylation is 1. The minimum absolute atomic E-state index is 0.969. The Morgan fingerprint density at radius 1 is 1.38 bits per heavy atom. The van der Waals surface area contributed by atoms with E-state index >= 15 is 0 Å². The Morgan fingerprint density at radius 2 is 2.08 bits per heavy atom. The highest BCUT2D eigenvalue weighted by Crippen LogP contribution is 2.20. The van der Waals surface area contributed by atoms with E-state index in [0.29, 0.717) is 0 Å². The van der Waals surface area contributed by atoms with Crippen LogP contribution in [0.5, 0.6) is 0 Å². The maximum absolute atomic E-state index is 10.2. The highest BCUT2D eigenvalue weighted by atomic mass is 16.1. The topological polar surface area (TPSA) is 17.1 Å². The predicted molar refractivity (Wildman–Crippen MR) is 55.3 cm³/mol. The number of carbonyl (C=O) groups excluding carboxylic acids is 1. The van der Waals surface area contributed by atoms with Crippen molar-refractivity contribution in [3.8, 4) is 0 Å². The molecule has 0 aromatic heterocycles. The summed E-state index contributed by atoms with van der Waals surface area (Å²) >= 11 is 0. The zero-order valence-electron chi connectivity index (χ0n) is 8.22. The van der Waals surface area contributed by atoms with Gasteiger partial charge in [0.2, 0.25) is 6.29 Å². The van der Waals surface area contributed by atoms with Crippen molar-refractivity contribution in [3.63, 3.8) is 0 Å². The SMILES string of the molecule is CC(=C[C]=O)c1cccc(C)c1C. The van der Waals surface area contributed by atoms with E-state index in [2.05, 4.69) is 19.9 Å². The second-order valence-corrected chi connectivity index (χ2v) is 3.19. The first kappa shape index (κ1) is 9.72. The zero-order valence-corrected chi connectivity index (χ0v) is 8.22. The fourth-order valence-electron chi connectivity index (χ4n) is 1.34. The highest BCUT2D eigenvalue weighted by Gasteiger charge is 2.01. The average Bonchev–Trinajstić information content (AvgIpc) is 2.10. The van der Waals surface area contributed by atoms with Gasteiger partial charge in [0.1, 0.15) is 0 Å². The molecule has 0 unspecified atom stereocenters. The van der Waals surface area contributed by atoms with Crippen molar-refractivity contribution in [2.45, 2.75) is 20.8 Å². The molecule has 0 atom stereocenters. The van der Waals surface area contributed by atoms with Crippen molar-refractivity contribution in [1.29, 1.82) is 0 Å². The van der Waals surface area contributed by atoms with Crippen molar-refractivity contribution in [1.82, 2.24) is 0 Å². The minimum atomic E-state index is 0.969. The molecule has 0 aliphatic heterocycles. The van der Waals surface area contributed by atoms with Gasteiger partial charge in [0, 0.05) is 0 Å². The highest BCUT2D eigenvalue weighted by molar-refractivity contribution is 5.82. The molecule has 1 aromatic rings. The molecule has 0 N–H and O–H groups in total. The summed E-state index contributed by atoms with van der Waals surface area (Å²) in [6.07, 6.45) is 3.27. The predicted octanol–water partition coefficient (Wildman–Crippen LogP) is 2.82. The summed E-state index contributed by atoms with van der Waals surface area (Å²) < 4.78 is 0. The van der Waals surface area contributed by atoms with Crippen molar-refractivity contribution < 1.29 is 4.79 Å². The van der Waals surface area contributed by atoms with E-state index < -0.39 is 0 Å². The summed E-state index contributed by atoms with van der Waals surface area (Å²) in [6, 6.07) is 6.09. The molecule has 0 spiro atoms. The maximum Gasteiger partial charge on any atom is 0.225 e. The van der Waals surface area contributed by atoms with Gasteiger partial charge in [-0.05, 0) is 49.1 Å². The second kappa shape index (κ2) is 4.04. The maximum atomic E-state index is 10.2. The molecular weight excluding hydrogens is 160 g/mol.